The largest absolute Gasteiger partial charge is 0.507 e. The number of para-hydroxylation sites is 5. The predicted molar refractivity (Wildman–Crippen MR) is 563 cm³/mol. The molecule has 10 aromatic carbocycles. The fraction of sp³-hybridized carbons (Fsp3) is 0.0756. The number of pyridine rings is 10. The van der Waals surface area contributed by atoms with Crippen LogP contribution in [0.1, 0.15) is 40.0 Å². The maximum absolute atomic E-state index is 10.4. The van der Waals surface area contributed by atoms with Crippen molar-refractivity contribution >= 4 is 132 Å². The molecule has 0 atom stereocenters. The molecule has 144 heavy (non-hydrogen) atoms. The van der Waals surface area contributed by atoms with Crippen molar-refractivity contribution in [2.45, 2.75) is 57.1 Å². The van der Waals surface area contributed by atoms with Crippen molar-refractivity contribution in [1.82, 2.24) is 54.4 Å². The molecule has 25 rings (SSSR count). The van der Waals surface area contributed by atoms with E-state index in [1.165, 1.54) is 40.7 Å². The van der Waals surface area contributed by atoms with Crippen molar-refractivity contribution < 1.29 is 112 Å². The minimum atomic E-state index is -2.57. The molecular formula is C119H86GeN11Ni5O6SSe-5. The third-order valence-corrected chi connectivity index (χ3v) is 40.0. The van der Waals surface area contributed by atoms with Gasteiger partial charge in [-0.2, -0.15) is 11.3 Å². The Labute approximate surface area is 894 Å². The number of furan rings is 1. The van der Waals surface area contributed by atoms with E-state index in [2.05, 4.69) is 153 Å². The van der Waals surface area contributed by atoms with Gasteiger partial charge in [0.25, 0.3) is 0 Å². The van der Waals surface area contributed by atoms with Gasteiger partial charge in [0.1, 0.15) is 22.8 Å². The Bertz CT molecular complexity index is 8220. The van der Waals surface area contributed by atoms with Crippen LogP contribution in [0.4, 0.5) is 0 Å². The molecule has 1 aliphatic heterocycles. The Kier molecular flexibility index (Phi) is 33.0. The third kappa shape index (κ3) is 21.0. The van der Waals surface area contributed by atoms with Gasteiger partial charge in [-0.15, -0.1) is 48.5 Å². The monoisotopic (exact) mass is 2240 g/mol. The molecule has 0 saturated carbocycles. The van der Waals surface area contributed by atoms with Gasteiger partial charge in [0.05, 0.1) is 28.2 Å². The number of aromatic nitrogens is 11. The minimum Gasteiger partial charge on any atom is -0.507 e. The third-order valence-electron chi connectivity index (χ3n) is 24.8. The van der Waals surface area contributed by atoms with Gasteiger partial charge in [-0.05, 0) is 108 Å². The number of thiophene rings is 1. The number of phenols is 5. The molecule has 24 aromatic rings. The van der Waals surface area contributed by atoms with Crippen LogP contribution in [0.15, 0.2) is 369 Å². The fourth-order valence-electron chi connectivity index (χ4n) is 18.4. The molecule has 15 heterocycles. The van der Waals surface area contributed by atoms with Crippen molar-refractivity contribution in [3.05, 3.63) is 395 Å². The summed E-state index contributed by atoms with van der Waals surface area (Å²) in [5.74, 6) is 1.17. The molecule has 5 N–H and O–H groups in total. The van der Waals surface area contributed by atoms with Crippen molar-refractivity contribution in [2.75, 3.05) is 0 Å². The average molecular weight is 2240 g/mol. The number of rotatable bonds is 16. The zero-order valence-electron chi connectivity index (χ0n) is 77.3. The maximum atomic E-state index is 10.4. The molecule has 724 valence electrons. The van der Waals surface area contributed by atoms with Gasteiger partial charge in [-0.3, -0.25) is 29.9 Å². The molecule has 17 nitrogen and oxygen atoms in total. The number of hydrogen-bond donors (Lipinski definition) is 5. The molecule has 14 aromatic heterocycles. The second kappa shape index (κ2) is 46.2. The van der Waals surface area contributed by atoms with Crippen LogP contribution in [0.5, 0.6) is 28.7 Å². The Morgan fingerprint density at radius 1 is 0.292 bits per heavy atom. The first-order valence-corrected chi connectivity index (χ1v) is 53.6. The van der Waals surface area contributed by atoms with Crippen LogP contribution >= 0.6 is 11.3 Å². The topological polar surface area (TPSA) is 248 Å². The Balaban J connectivity index is 0.000000128. The first kappa shape index (κ1) is 103. The SMILES string of the molecule is CCCn1c2ccc(-c3ccccn3)[c-]c2c2nc(-c3ccccc3O)ccc21.CC[CH2][Ge]1([CH2]CC)[c]2ccc(-c3ccccn3)[c-]c2-c2nc(-c3ccccc3O)cc[c]21.Oc1ccccc1-c1ccc2[se]c3ccc(-c4ccccn4)[c-]c3c2n1.Oc1ccccc1-c1ccc2oc3ccc(-c4ccccn4)[c-]c3c2n1.Oc1ccccc1-c1ccc2sc3ccc(-c4ccccn4)[c-]c3c2n1.[Ni].[Ni].[Ni].[Ni].[Ni]. The fourth-order valence-corrected chi connectivity index (χ4v) is 32.9. The second-order valence-electron chi connectivity index (χ2n) is 33.6. The minimum absolute atomic E-state index is 0. The van der Waals surface area contributed by atoms with E-state index in [9.17, 15) is 25.5 Å². The van der Waals surface area contributed by atoms with Crippen LogP contribution < -0.4 is 8.79 Å². The predicted octanol–water partition coefficient (Wildman–Crippen LogP) is 27.1. The number of aromatic hydroxyl groups is 5. The molecule has 0 amide bonds. The molecule has 0 radical (unpaired) electrons. The van der Waals surface area contributed by atoms with Crippen LogP contribution in [-0.2, 0) is 89.0 Å². The summed E-state index contributed by atoms with van der Waals surface area (Å²) in [6.45, 7) is 7.69. The molecule has 0 spiro atoms. The van der Waals surface area contributed by atoms with E-state index in [0.29, 0.717) is 16.8 Å². The van der Waals surface area contributed by atoms with Crippen LogP contribution in [0.3, 0.4) is 0 Å². The van der Waals surface area contributed by atoms with E-state index in [0.717, 1.165) is 195 Å². The number of aryl methyl sites for hydroxylation is 1. The van der Waals surface area contributed by atoms with Crippen LogP contribution in [0.2, 0.25) is 10.5 Å². The van der Waals surface area contributed by atoms with Crippen LogP contribution in [0.25, 0.3) is 208 Å². The van der Waals surface area contributed by atoms with Crippen molar-refractivity contribution in [3.63, 3.8) is 0 Å². The summed E-state index contributed by atoms with van der Waals surface area (Å²) in [5, 5.41) is 57.5. The van der Waals surface area contributed by atoms with Crippen LogP contribution in [0, 0.1) is 30.3 Å². The number of phenolic OH excluding ortho intramolecular Hbond substituents is 5. The van der Waals surface area contributed by atoms with E-state index in [4.69, 9.17) is 29.3 Å². The van der Waals surface area contributed by atoms with Gasteiger partial charge in [-0.25, -0.2) is 0 Å². The molecule has 0 bridgehead atoms. The van der Waals surface area contributed by atoms with E-state index in [-0.39, 0.29) is 126 Å². The number of fused-ring (bicyclic) bond motifs is 15. The Morgan fingerprint density at radius 3 is 1.14 bits per heavy atom. The summed E-state index contributed by atoms with van der Waals surface area (Å²) in [7, 11) is 0. The second-order valence-corrected chi connectivity index (χ2v) is 45.9. The van der Waals surface area contributed by atoms with E-state index in [1.54, 1.807) is 72.5 Å². The first-order valence-electron chi connectivity index (χ1n) is 46.0. The summed E-state index contributed by atoms with van der Waals surface area (Å²) in [6.07, 6.45) is 12.4. The quantitative estimate of drug-likeness (QED) is 0.0446. The average Bonchev–Trinajstić information content (AvgIpc) is 1.56. The molecule has 0 fully saturated rings. The van der Waals surface area contributed by atoms with Crippen molar-refractivity contribution in [1.29, 1.82) is 0 Å². The number of hydrogen-bond acceptors (Lipinski definition) is 17. The van der Waals surface area contributed by atoms with Crippen molar-refractivity contribution in [2.24, 2.45) is 0 Å². The normalized spacial score (nSPS) is 11.4. The molecule has 0 unspecified atom stereocenters. The Hall–Kier alpha value is -14.0. The molecule has 25 heteroatoms. The number of benzene rings is 10. The summed E-state index contributed by atoms with van der Waals surface area (Å²) < 4.78 is 15.9. The summed E-state index contributed by atoms with van der Waals surface area (Å²) in [4.78, 5) is 46.7. The Morgan fingerprint density at radius 2 is 0.653 bits per heavy atom. The summed E-state index contributed by atoms with van der Waals surface area (Å²) in [5.41, 5.74) is 26.0. The van der Waals surface area contributed by atoms with Crippen molar-refractivity contribution in [3.8, 4) is 153 Å². The van der Waals surface area contributed by atoms with Gasteiger partial charge in [0.2, 0.25) is 0 Å². The van der Waals surface area contributed by atoms with E-state index < -0.39 is 13.3 Å². The van der Waals surface area contributed by atoms with E-state index >= 15 is 0 Å². The summed E-state index contributed by atoms with van der Waals surface area (Å²) in [6, 6.07) is 125. The standard InChI is InChI=1S/C28H27GeN2O.C25H20N3O.C22H13N2O2.C22H13N2OS.C22H13N2OSe.5Ni/c1-3-16-29(17-4-2)23-13-12-20(25-10-7-8-18-30-25)19-22(23)28-24(29)14-15-26(31-28)21-9-5-6-11-27(21)32;1-2-15-28-22-12-10-17(20-8-5-6-14-26-20)16-19(22)25-23(28)13-11-21(27-25)18-7-3-4-9-24(18)29;3*25-19-7-2-1-5-15(19)18-9-11-21-22(24-18)16-13-14(8-10-20(16)26-21)17-6-3-4-12-23-17;;;;;/h5-15,18,32H,3-4,16-17H2,1-2H3;3-14,29H,2,15H2,1H3;3*1-12,25H;;;;;/q5*-1;;;;;. The zero-order chi connectivity index (χ0) is 94.5. The molecule has 0 saturated heterocycles. The molecule has 0 aliphatic carbocycles. The number of nitrogens with zero attached hydrogens (tertiary/aromatic N) is 11. The summed E-state index contributed by atoms with van der Waals surface area (Å²) >= 11 is -0.638. The van der Waals surface area contributed by atoms with Gasteiger partial charge in [0, 0.05) is 163 Å². The zero-order valence-corrected chi connectivity index (χ0v) is 86.9. The molecule has 1 aliphatic rings. The van der Waals surface area contributed by atoms with Gasteiger partial charge < -0.3 is 24.3 Å². The maximum Gasteiger partial charge on any atom is 0.124 e. The van der Waals surface area contributed by atoms with Crippen LogP contribution in [-0.4, -0.2) is 108 Å². The van der Waals surface area contributed by atoms with Gasteiger partial charge in [0.15, 0.2) is 0 Å². The molecular weight excluding hydrogens is 2160 g/mol. The van der Waals surface area contributed by atoms with E-state index in [1.807, 2.05) is 231 Å². The van der Waals surface area contributed by atoms with Gasteiger partial charge >= 0.3 is 349 Å². The first-order chi connectivity index (χ1) is 68.3. The smallest absolute Gasteiger partial charge is 0.124 e. The van der Waals surface area contributed by atoms with Gasteiger partial charge in [-0.1, -0.05) is 119 Å².